The number of halogens is 1. The van der Waals surface area contributed by atoms with Crippen LogP contribution in [0.15, 0.2) is 18.2 Å². The van der Waals surface area contributed by atoms with Gasteiger partial charge in [-0.2, -0.15) is 5.26 Å². The zero-order chi connectivity index (χ0) is 14.0. The van der Waals surface area contributed by atoms with E-state index in [0.717, 1.165) is 11.0 Å². The number of likely N-dealkylation sites (tertiary alicyclic amines) is 1. The molecule has 0 radical (unpaired) electrons. The molecule has 1 saturated heterocycles. The summed E-state index contributed by atoms with van der Waals surface area (Å²) in [5.41, 5.74) is 0.535. The van der Waals surface area contributed by atoms with E-state index in [-0.39, 0.29) is 23.8 Å². The Morgan fingerprint density at radius 2 is 2.16 bits per heavy atom. The highest BCUT2D eigenvalue weighted by molar-refractivity contribution is 6.01. The maximum Gasteiger partial charge on any atom is 0.251 e. The van der Waals surface area contributed by atoms with E-state index in [1.54, 1.807) is 0 Å². The van der Waals surface area contributed by atoms with Crippen molar-refractivity contribution in [2.75, 3.05) is 12.4 Å². The van der Waals surface area contributed by atoms with Crippen molar-refractivity contribution >= 4 is 17.5 Å². The van der Waals surface area contributed by atoms with Gasteiger partial charge in [0.1, 0.15) is 11.9 Å². The summed E-state index contributed by atoms with van der Waals surface area (Å²) in [6.45, 7) is 0. The molecular formula is C13H12FN3O2. The monoisotopic (exact) mass is 261 g/mol. The molecule has 5 nitrogen and oxygen atoms in total. The van der Waals surface area contributed by atoms with E-state index in [1.165, 1.54) is 19.2 Å². The van der Waals surface area contributed by atoms with Crippen LogP contribution in [0.2, 0.25) is 0 Å². The lowest BCUT2D eigenvalue weighted by Gasteiger charge is -2.28. The van der Waals surface area contributed by atoms with Gasteiger partial charge < -0.3 is 5.32 Å². The van der Waals surface area contributed by atoms with Gasteiger partial charge in [-0.15, -0.1) is 0 Å². The second kappa shape index (κ2) is 5.06. The van der Waals surface area contributed by atoms with Crippen molar-refractivity contribution < 1.29 is 14.0 Å². The van der Waals surface area contributed by atoms with E-state index in [2.05, 4.69) is 5.32 Å². The fourth-order valence-corrected chi connectivity index (χ4v) is 1.99. The van der Waals surface area contributed by atoms with Crippen molar-refractivity contribution in [3.8, 4) is 6.07 Å². The van der Waals surface area contributed by atoms with E-state index < -0.39 is 11.9 Å². The number of carbonyl (C=O) groups is 2. The first-order valence-corrected chi connectivity index (χ1v) is 5.79. The molecule has 1 fully saturated rings. The number of nitriles is 1. The number of imide groups is 1. The number of likely N-dealkylation sites (N-methyl/N-ethyl adjacent to an activating group) is 1. The molecule has 1 aromatic carbocycles. The Morgan fingerprint density at radius 1 is 1.42 bits per heavy atom. The molecule has 1 unspecified atom stereocenters. The number of hydrogen-bond donors (Lipinski definition) is 1. The number of amides is 2. The van der Waals surface area contributed by atoms with Crippen molar-refractivity contribution in [2.45, 2.75) is 18.9 Å². The van der Waals surface area contributed by atoms with Gasteiger partial charge >= 0.3 is 0 Å². The quantitative estimate of drug-likeness (QED) is 0.813. The molecule has 0 bridgehead atoms. The number of benzene rings is 1. The molecule has 1 N–H and O–H groups in total. The molecule has 1 aromatic rings. The Balaban J connectivity index is 2.18. The van der Waals surface area contributed by atoms with Gasteiger partial charge in [0.05, 0.1) is 11.6 Å². The molecule has 0 saturated carbocycles. The Kier molecular flexibility index (Phi) is 3.47. The number of nitrogens with one attached hydrogen (secondary N) is 1. The van der Waals surface area contributed by atoms with Gasteiger partial charge in [0.25, 0.3) is 5.91 Å². The van der Waals surface area contributed by atoms with Crippen molar-refractivity contribution in [3.63, 3.8) is 0 Å². The van der Waals surface area contributed by atoms with Gasteiger partial charge in [-0.3, -0.25) is 14.5 Å². The van der Waals surface area contributed by atoms with Crippen LogP contribution in [0.5, 0.6) is 0 Å². The minimum atomic E-state index is -0.573. The second-order valence-corrected chi connectivity index (χ2v) is 4.37. The lowest BCUT2D eigenvalue weighted by Crippen LogP contribution is -2.48. The zero-order valence-electron chi connectivity index (χ0n) is 10.3. The van der Waals surface area contributed by atoms with Crippen molar-refractivity contribution in [1.82, 2.24) is 4.90 Å². The molecule has 1 atom stereocenters. The van der Waals surface area contributed by atoms with Crippen LogP contribution in [0.4, 0.5) is 10.1 Å². The molecule has 1 aliphatic rings. The topological polar surface area (TPSA) is 73.2 Å². The first-order valence-electron chi connectivity index (χ1n) is 5.79. The van der Waals surface area contributed by atoms with Gasteiger partial charge in [0, 0.05) is 19.2 Å². The second-order valence-electron chi connectivity index (χ2n) is 4.37. The standard InChI is InChI=1S/C13H12FN3O2/c1-17-12(18)3-2-11(13(17)19)16-10-5-8(7-15)4-9(14)6-10/h4-6,11,16H,2-3H2,1H3. The third-order valence-corrected chi connectivity index (χ3v) is 3.02. The summed E-state index contributed by atoms with van der Waals surface area (Å²) in [5, 5.41) is 11.6. The summed E-state index contributed by atoms with van der Waals surface area (Å²) >= 11 is 0. The maximum absolute atomic E-state index is 13.3. The number of rotatable bonds is 2. The van der Waals surface area contributed by atoms with Crippen LogP contribution in [0.1, 0.15) is 18.4 Å². The summed E-state index contributed by atoms with van der Waals surface area (Å²) in [5.74, 6) is -1.12. The first-order chi connectivity index (χ1) is 9.01. The Morgan fingerprint density at radius 3 is 2.84 bits per heavy atom. The van der Waals surface area contributed by atoms with E-state index in [1.807, 2.05) is 6.07 Å². The van der Waals surface area contributed by atoms with Crippen LogP contribution in [-0.2, 0) is 9.59 Å². The Bertz CT molecular complexity index is 580. The molecule has 98 valence electrons. The fraction of sp³-hybridized carbons (Fsp3) is 0.308. The van der Waals surface area contributed by atoms with E-state index >= 15 is 0 Å². The van der Waals surface area contributed by atoms with Crippen LogP contribution in [0.25, 0.3) is 0 Å². The lowest BCUT2D eigenvalue weighted by molar-refractivity contribution is -0.146. The van der Waals surface area contributed by atoms with Crippen LogP contribution in [0.3, 0.4) is 0 Å². The number of piperidine rings is 1. The van der Waals surface area contributed by atoms with Crippen molar-refractivity contribution in [1.29, 1.82) is 5.26 Å². The average Bonchev–Trinajstić information content (AvgIpc) is 2.39. The van der Waals surface area contributed by atoms with Crippen LogP contribution in [0, 0.1) is 17.1 Å². The predicted molar refractivity (Wildman–Crippen MR) is 65.5 cm³/mol. The summed E-state index contributed by atoms with van der Waals surface area (Å²) in [6, 6.07) is 5.06. The first kappa shape index (κ1) is 13.0. The molecule has 1 aliphatic heterocycles. The average molecular weight is 261 g/mol. The Hall–Kier alpha value is -2.42. The van der Waals surface area contributed by atoms with Gasteiger partial charge in [-0.05, 0) is 24.6 Å². The van der Waals surface area contributed by atoms with Crippen LogP contribution in [-0.4, -0.2) is 29.8 Å². The highest BCUT2D eigenvalue weighted by Gasteiger charge is 2.31. The highest BCUT2D eigenvalue weighted by Crippen LogP contribution is 2.19. The molecule has 0 spiro atoms. The molecule has 2 rings (SSSR count). The lowest BCUT2D eigenvalue weighted by atomic mass is 10.0. The molecular weight excluding hydrogens is 249 g/mol. The smallest absolute Gasteiger partial charge is 0.251 e. The van der Waals surface area contributed by atoms with Crippen LogP contribution < -0.4 is 5.32 Å². The molecule has 1 heterocycles. The molecule has 0 aromatic heterocycles. The third kappa shape index (κ3) is 2.71. The molecule has 19 heavy (non-hydrogen) atoms. The summed E-state index contributed by atoms with van der Waals surface area (Å²) in [7, 11) is 1.42. The molecule has 2 amide bonds. The zero-order valence-corrected chi connectivity index (χ0v) is 10.3. The van der Waals surface area contributed by atoms with Gasteiger partial charge in [0.2, 0.25) is 5.91 Å². The van der Waals surface area contributed by atoms with Crippen molar-refractivity contribution in [2.24, 2.45) is 0 Å². The number of carbonyl (C=O) groups excluding carboxylic acids is 2. The summed E-state index contributed by atoms with van der Waals surface area (Å²) in [6.07, 6.45) is 0.626. The molecule has 0 aliphatic carbocycles. The maximum atomic E-state index is 13.3. The fourth-order valence-electron chi connectivity index (χ4n) is 1.99. The predicted octanol–water partition coefficient (Wildman–Crippen LogP) is 1.26. The highest BCUT2D eigenvalue weighted by atomic mass is 19.1. The van der Waals surface area contributed by atoms with E-state index in [0.29, 0.717) is 12.1 Å². The van der Waals surface area contributed by atoms with Gasteiger partial charge in [-0.1, -0.05) is 0 Å². The largest absolute Gasteiger partial charge is 0.374 e. The number of nitrogens with zero attached hydrogens (tertiary/aromatic N) is 2. The number of anilines is 1. The van der Waals surface area contributed by atoms with E-state index in [9.17, 15) is 14.0 Å². The van der Waals surface area contributed by atoms with E-state index in [4.69, 9.17) is 5.26 Å². The third-order valence-electron chi connectivity index (χ3n) is 3.02. The molecule has 6 heteroatoms. The minimum absolute atomic E-state index is 0.176. The minimum Gasteiger partial charge on any atom is -0.374 e. The normalized spacial score (nSPS) is 19.2. The SMILES string of the molecule is CN1C(=O)CCC(Nc2cc(F)cc(C#N)c2)C1=O. The van der Waals surface area contributed by atoms with Crippen LogP contribution >= 0.6 is 0 Å². The summed E-state index contributed by atoms with van der Waals surface area (Å²) in [4.78, 5) is 24.3. The van der Waals surface area contributed by atoms with Gasteiger partial charge in [-0.25, -0.2) is 4.39 Å². The number of hydrogen-bond acceptors (Lipinski definition) is 4. The summed E-state index contributed by atoms with van der Waals surface area (Å²) < 4.78 is 13.3. The van der Waals surface area contributed by atoms with Gasteiger partial charge in [0.15, 0.2) is 0 Å². The Labute approximate surface area is 109 Å². The van der Waals surface area contributed by atoms with Crippen molar-refractivity contribution in [3.05, 3.63) is 29.6 Å².